The summed E-state index contributed by atoms with van der Waals surface area (Å²) in [5.74, 6) is 1.28. The van der Waals surface area contributed by atoms with Crippen molar-refractivity contribution in [1.82, 2.24) is 20.0 Å². The van der Waals surface area contributed by atoms with E-state index in [-0.39, 0.29) is 11.4 Å². The van der Waals surface area contributed by atoms with Gasteiger partial charge >= 0.3 is 12.1 Å². The predicted molar refractivity (Wildman–Crippen MR) is 194 cm³/mol. The summed E-state index contributed by atoms with van der Waals surface area (Å²) in [7, 11) is 0. The van der Waals surface area contributed by atoms with E-state index < -0.39 is 6.03 Å². The van der Waals surface area contributed by atoms with E-state index in [1.807, 2.05) is 84.9 Å². The fourth-order valence-corrected chi connectivity index (χ4v) is 5.56. The van der Waals surface area contributed by atoms with Crippen molar-refractivity contribution in [2.75, 3.05) is 55.4 Å². The molecule has 0 radical (unpaired) electrons. The number of hydrogen-bond donors (Lipinski definition) is 4. The maximum absolute atomic E-state index is 13.5. The Morgan fingerprint density at radius 1 is 0.816 bits per heavy atom. The third-order valence-electron chi connectivity index (χ3n) is 8.29. The largest absolute Gasteiger partial charge is 0.492 e. The van der Waals surface area contributed by atoms with Gasteiger partial charge in [-0.1, -0.05) is 75.4 Å². The van der Waals surface area contributed by atoms with Crippen LogP contribution in [0.25, 0.3) is 16.5 Å². The molecule has 0 saturated carbocycles. The molecule has 4 amide bonds. The molecule has 0 aliphatic carbocycles. The normalized spacial score (nSPS) is 13.5. The average molecular weight is 662 g/mol. The lowest BCUT2D eigenvalue weighted by atomic mass is 9.92. The molecule has 1 aromatic heterocycles. The van der Waals surface area contributed by atoms with Gasteiger partial charge in [-0.2, -0.15) is 5.10 Å². The van der Waals surface area contributed by atoms with E-state index in [1.54, 1.807) is 16.8 Å². The van der Waals surface area contributed by atoms with Crippen LogP contribution in [0.2, 0.25) is 0 Å². The molecule has 254 valence electrons. The fraction of sp³-hybridized carbons (Fsp3) is 0.289. The lowest BCUT2D eigenvalue weighted by Gasteiger charge is -2.26. The quantitative estimate of drug-likeness (QED) is 0.128. The second kappa shape index (κ2) is 15.2. The van der Waals surface area contributed by atoms with Gasteiger partial charge in [-0.05, 0) is 42.0 Å². The van der Waals surface area contributed by atoms with Gasteiger partial charge in [-0.15, -0.1) is 0 Å². The first-order valence-corrected chi connectivity index (χ1v) is 16.6. The van der Waals surface area contributed by atoms with Crippen LogP contribution in [-0.4, -0.2) is 66.2 Å². The molecule has 5 aromatic rings. The number of benzene rings is 4. The zero-order valence-corrected chi connectivity index (χ0v) is 28.2. The number of urea groups is 2. The molecular weight excluding hydrogens is 618 g/mol. The second-order valence-corrected chi connectivity index (χ2v) is 13.0. The number of fused-ring (bicyclic) bond motifs is 1. The Kier molecular flexibility index (Phi) is 10.4. The molecule has 11 nitrogen and oxygen atoms in total. The molecule has 0 unspecified atom stereocenters. The maximum Gasteiger partial charge on any atom is 0.324 e. The highest BCUT2D eigenvalue weighted by Gasteiger charge is 2.22. The van der Waals surface area contributed by atoms with Crippen LogP contribution < -0.4 is 26.0 Å². The Hall–Kier alpha value is -5.39. The number of ether oxygens (including phenoxy) is 2. The first kappa shape index (κ1) is 33.5. The number of morpholine rings is 1. The van der Waals surface area contributed by atoms with Gasteiger partial charge in [-0.25, -0.2) is 14.3 Å². The predicted octanol–water partition coefficient (Wildman–Crippen LogP) is 7.00. The topological polar surface area (TPSA) is 122 Å². The smallest absolute Gasteiger partial charge is 0.324 e. The maximum atomic E-state index is 13.5. The SMILES string of the molecule is CC(C)(C)c1cc(NC(=O)Nc2ccc(OCCN3CCOCC3)c3ccccc23)n(-c2ccc(NC(=O)NCc3ccccc3)cc2)n1. The highest BCUT2D eigenvalue weighted by molar-refractivity contribution is 6.07. The number of anilines is 3. The van der Waals surface area contributed by atoms with Crippen LogP contribution in [0.5, 0.6) is 5.75 Å². The highest BCUT2D eigenvalue weighted by atomic mass is 16.5. The second-order valence-electron chi connectivity index (χ2n) is 13.0. The van der Waals surface area contributed by atoms with Gasteiger partial charge in [0.1, 0.15) is 18.2 Å². The van der Waals surface area contributed by atoms with E-state index in [0.717, 1.165) is 66.3 Å². The molecule has 49 heavy (non-hydrogen) atoms. The molecular formula is C38H43N7O4. The van der Waals surface area contributed by atoms with Gasteiger partial charge in [-0.3, -0.25) is 10.2 Å². The number of carbonyl (C=O) groups excluding carboxylic acids is 2. The number of amides is 4. The van der Waals surface area contributed by atoms with Crippen molar-refractivity contribution in [2.45, 2.75) is 32.7 Å². The minimum atomic E-state index is -0.402. The van der Waals surface area contributed by atoms with Gasteiger partial charge in [0, 0.05) is 54.1 Å². The van der Waals surface area contributed by atoms with Gasteiger partial charge in [0.05, 0.1) is 30.3 Å². The number of aromatic nitrogens is 2. The highest BCUT2D eigenvalue weighted by Crippen LogP contribution is 2.32. The first-order chi connectivity index (χ1) is 23.7. The van der Waals surface area contributed by atoms with E-state index in [2.05, 4.69) is 46.9 Å². The van der Waals surface area contributed by atoms with Crippen LogP contribution in [-0.2, 0) is 16.7 Å². The van der Waals surface area contributed by atoms with Crippen LogP contribution in [0.3, 0.4) is 0 Å². The molecule has 0 spiro atoms. The third-order valence-corrected chi connectivity index (χ3v) is 8.29. The molecule has 0 bridgehead atoms. The Labute approximate surface area is 286 Å². The van der Waals surface area contributed by atoms with Gasteiger partial charge in [0.15, 0.2) is 0 Å². The summed E-state index contributed by atoms with van der Waals surface area (Å²) >= 11 is 0. The number of hydrogen-bond acceptors (Lipinski definition) is 6. The van der Waals surface area contributed by atoms with Crippen molar-refractivity contribution in [3.8, 4) is 11.4 Å². The fourth-order valence-electron chi connectivity index (χ4n) is 5.56. The molecule has 1 aliphatic heterocycles. The Morgan fingerprint density at radius 2 is 1.53 bits per heavy atom. The lowest BCUT2D eigenvalue weighted by molar-refractivity contribution is 0.0323. The summed E-state index contributed by atoms with van der Waals surface area (Å²) in [5.41, 5.74) is 3.59. The zero-order chi connectivity index (χ0) is 34.2. The molecule has 1 saturated heterocycles. The van der Waals surface area contributed by atoms with Crippen molar-refractivity contribution in [3.05, 3.63) is 108 Å². The van der Waals surface area contributed by atoms with Crippen molar-refractivity contribution in [1.29, 1.82) is 0 Å². The van der Waals surface area contributed by atoms with Crippen molar-refractivity contribution >= 4 is 40.0 Å². The summed E-state index contributed by atoms with van der Waals surface area (Å²) in [5, 5.41) is 18.4. The molecule has 4 aromatic carbocycles. The minimum absolute atomic E-state index is 0.260. The molecule has 2 heterocycles. The van der Waals surface area contributed by atoms with Gasteiger partial charge in [0.25, 0.3) is 0 Å². The summed E-state index contributed by atoms with van der Waals surface area (Å²) in [6, 6.07) is 29.8. The van der Waals surface area contributed by atoms with Gasteiger partial charge < -0.3 is 25.4 Å². The number of nitrogens with one attached hydrogen (secondary N) is 4. The van der Waals surface area contributed by atoms with Crippen molar-refractivity contribution in [2.24, 2.45) is 0 Å². The standard InChI is InChI=1S/C38H43N7O4/c1-38(2,3)34-25-35(45(43-34)29-15-13-28(14-16-29)40-36(46)39-26-27-9-5-4-6-10-27)42-37(47)41-32-17-18-33(31-12-8-7-11-30(31)32)49-24-21-44-19-22-48-23-20-44/h4-18,25H,19-24,26H2,1-3H3,(H2,39,40,46)(H2,41,42,47). The summed E-state index contributed by atoms with van der Waals surface area (Å²) in [4.78, 5) is 28.3. The van der Waals surface area contributed by atoms with Crippen LogP contribution in [0.4, 0.5) is 26.8 Å². The Morgan fingerprint density at radius 3 is 2.27 bits per heavy atom. The van der Waals surface area contributed by atoms with Crippen molar-refractivity contribution in [3.63, 3.8) is 0 Å². The minimum Gasteiger partial charge on any atom is -0.492 e. The molecule has 6 rings (SSSR count). The summed E-state index contributed by atoms with van der Waals surface area (Å²) in [6.45, 7) is 11.4. The van der Waals surface area contributed by atoms with Crippen LogP contribution in [0.15, 0.2) is 97.1 Å². The lowest BCUT2D eigenvalue weighted by Crippen LogP contribution is -2.38. The van der Waals surface area contributed by atoms with E-state index >= 15 is 0 Å². The summed E-state index contributed by atoms with van der Waals surface area (Å²) in [6.07, 6.45) is 0. The van der Waals surface area contributed by atoms with Crippen molar-refractivity contribution < 1.29 is 19.1 Å². The third kappa shape index (κ3) is 8.75. The average Bonchev–Trinajstić information content (AvgIpc) is 3.54. The molecule has 11 heteroatoms. The van der Waals surface area contributed by atoms with Gasteiger partial charge in [0.2, 0.25) is 0 Å². The Balaban J connectivity index is 1.13. The van der Waals surface area contributed by atoms with E-state index in [9.17, 15) is 9.59 Å². The van der Waals surface area contributed by atoms with Crippen LogP contribution >= 0.6 is 0 Å². The van der Waals surface area contributed by atoms with E-state index in [0.29, 0.717) is 30.3 Å². The monoisotopic (exact) mass is 661 g/mol. The zero-order valence-electron chi connectivity index (χ0n) is 28.2. The summed E-state index contributed by atoms with van der Waals surface area (Å²) < 4.78 is 13.3. The first-order valence-electron chi connectivity index (χ1n) is 16.6. The molecule has 4 N–H and O–H groups in total. The van der Waals surface area contributed by atoms with Crippen LogP contribution in [0, 0.1) is 0 Å². The Bertz CT molecular complexity index is 1880. The van der Waals surface area contributed by atoms with E-state index in [1.165, 1.54) is 0 Å². The number of carbonyl (C=O) groups is 2. The number of rotatable bonds is 10. The molecule has 1 fully saturated rings. The van der Waals surface area contributed by atoms with Crippen LogP contribution in [0.1, 0.15) is 32.0 Å². The molecule has 1 aliphatic rings. The van der Waals surface area contributed by atoms with E-state index in [4.69, 9.17) is 14.6 Å². The molecule has 0 atom stereocenters. The number of nitrogens with zero attached hydrogens (tertiary/aromatic N) is 3.